The number of nitrogens with zero attached hydrogens (tertiary/aromatic N) is 1. The predicted molar refractivity (Wildman–Crippen MR) is 69.2 cm³/mol. The highest BCUT2D eigenvalue weighted by atomic mass is 79.9. The van der Waals surface area contributed by atoms with Crippen molar-refractivity contribution < 1.29 is 9.47 Å². The molecule has 0 bridgehead atoms. The number of benzene rings is 1. The van der Waals surface area contributed by atoms with Crippen molar-refractivity contribution in [1.29, 1.82) is 0 Å². The molecule has 3 nitrogen and oxygen atoms in total. The molecule has 0 spiro atoms. The molecule has 0 saturated heterocycles. The molecule has 2 aromatic rings. The van der Waals surface area contributed by atoms with Gasteiger partial charge >= 0.3 is 0 Å². The van der Waals surface area contributed by atoms with Gasteiger partial charge in [0.25, 0.3) is 0 Å². The number of halogens is 1. The van der Waals surface area contributed by atoms with Crippen molar-refractivity contribution >= 4 is 15.9 Å². The molecule has 1 aromatic heterocycles. The van der Waals surface area contributed by atoms with Crippen molar-refractivity contribution in [2.75, 3.05) is 7.11 Å². The molecular formula is C13H12BrNO2. The number of ether oxygens (including phenoxy) is 2. The van der Waals surface area contributed by atoms with Crippen LogP contribution in [0.2, 0.25) is 0 Å². The summed E-state index contributed by atoms with van der Waals surface area (Å²) in [6.07, 6.45) is 1.70. The number of rotatable bonds is 4. The van der Waals surface area contributed by atoms with Gasteiger partial charge in [0.15, 0.2) is 0 Å². The molecule has 0 unspecified atom stereocenters. The monoisotopic (exact) mass is 293 g/mol. The number of hydrogen-bond acceptors (Lipinski definition) is 3. The molecule has 0 aliphatic carbocycles. The zero-order valence-corrected chi connectivity index (χ0v) is 11.0. The van der Waals surface area contributed by atoms with Crippen molar-refractivity contribution in [2.45, 2.75) is 6.61 Å². The lowest BCUT2D eigenvalue weighted by atomic mass is 10.2. The van der Waals surface area contributed by atoms with Gasteiger partial charge in [0.1, 0.15) is 5.75 Å². The second kappa shape index (κ2) is 5.80. The number of methoxy groups -OCH3 is 1. The summed E-state index contributed by atoms with van der Waals surface area (Å²) in [6, 6.07) is 11.5. The van der Waals surface area contributed by atoms with E-state index in [0.717, 1.165) is 15.8 Å². The molecule has 0 radical (unpaired) electrons. The summed E-state index contributed by atoms with van der Waals surface area (Å²) in [5, 5.41) is 0. The summed E-state index contributed by atoms with van der Waals surface area (Å²) in [6.45, 7) is 0.574. The maximum atomic E-state index is 5.63. The van der Waals surface area contributed by atoms with Crippen LogP contribution in [-0.2, 0) is 11.3 Å². The summed E-state index contributed by atoms with van der Waals surface area (Å²) in [5.41, 5.74) is 1.07. The first kappa shape index (κ1) is 12.1. The molecule has 0 amide bonds. The SMILES string of the molecule is COCc1cccc(Oc2ccc(Br)cn2)c1. The van der Waals surface area contributed by atoms with E-state index in [0.29, 0.717) is 12.5 Å². The normalized spacial score (nSPS) is 10.2. The third-order valence-electron chi connectivity index (χ3n) is 2.13. The smallest absolute Gasteiger partial charge is 0.219 e. The molecule has 0 N–H and O–H groups in total. The number of hydrogen-bond donors (Lipinski definition) is 0. The zero-order valence-electron chi connectivity index (χ0n) is 9.39. The largest absolute Gasteiger partial charge is 0.439 e. The highest BCUT2D eigenvalue weighted by molar-refractivity contribution is 9.10. The van der Waals surface area contributed by atoms with Crippen LogP contribution in [0.4, 0.5) is 0 Å². The molecular weight excluding hydrogens is 282 g/mol. The van der Waals surface area contributed by atoms with Crippen molar-refractivity contribution in [2.24, 2.45) is 0 Å². The van der Waals surface area contributed by atoms with E-state index in [1.165, 1.54) is 0 Å². The molecule has 1 heterocycles. The average molecular weight is 294 g/mol. The van der Waals surface area contributed by atoms with E-state index >= 15 is 0 Å². The van der Waals surface area contributed by atoms with E-state index in [2.05, 4.69) is 20.9 Å². The van der Waals surface area contributed by atoms with Gasteiger partial charge in [-0.1, -0.05) is 12.1 Å². The van der Waals surface area contributed by atoms with E-state index in [9.17, 15) is 0 Å². The zero-order chi connectivity index (χ0) is 12.1. The Morgan fingerprint density at radius 2 is 2.12 bits per heavy atom. The topological polar surface area (TPSA) is 31.4 Å². The molecule has 0 aliphatic rings. The lowest BCUT2D eigenvalue weighted by molar-refractivity contribution is 0.184. The van der Waals surface area contributed by atoms with Crippen molar-refractivity contribution in [3.8, 4) is 11.6 Å². The Hall–Kier alpha value is -1.39. The van der Waals surface area contributed by atoms with Gasteiger partial charge in [0, 0.05) is 23.8 Å². The van der Waals surface area contributed by atoms with Crippen LogP contribution in [-0.4, -0.2) is 12.1 Å². The van der Waals surface area contributed by atoms with Gasteiger partial charge < -0.3 is 9.47 Å². The quantitative estimate of drug-likeness (QED) is 0.860. The molecule has 17 heavy (non-hydrogen) atoms. The summed E-state index contributed by atoms with van der Waals surface area (Å²) in [4.78, 5) is 4.15. The van der Waals surface area contributed by atoms with Crippen LogP contribution in [0.25, 0.3) is 0 Å². The molecule has 2 rings (SSSR count). The van der Waals surface area contributed by atoms with Gasteiger partial charge in [0.05, 0.1) is 6.61 Å². The van der Waals surface area contributed by atoms with Gasteiger partial charge in [-0.3, -0.25) is 0 Å². The Morgan fingerprint density at radius 1 is 1.24 bits per heavy atom. The number of aromatic nitrogens is 1. The van der Waals surface area contributed by atoms with Gasteiger partial charge in [0.2, 0.25) is 5.88 Å². The lowest BCUT2D eigenvalue weighted by Crippen LogP contribution is -1.90. The predicted octanol–water partition coefficient (Wildman–Crippen LogP) is 3.78. The Bertz CT molecular complexity index is 485. The van der Waals surface area contributed by atoms with Gasteiger partial charge in [-0.05, 0) is 39.7 Å². The minimum absolute atomic E-state index is 0.572. The van der Waals surface area contributed by atoms with Gasteiger partial charge in [-0.2, -0.15) is 0 Å². The van der Waals surface area contributed by atoms with Crippen molar-refractivity contribution in [3.05, 3.63) is 52.6 Å². The van der Waals surface area contributed by atoms with Crippen molar-refractivity contribution in [3.63, 3.8) is 0 Å². The van der Waals surface area contributed by atoms with Crippen LogP contribution in [0.15, 0.2) is 47.1 Å². The molecule has 0 saturated carbocycles. The summed E-state index contributed by atoms with van der Waals surface area (Å²) >= 11 is 3.33. The third-order valence-corrected chi connectivity index (χ3v) is 2.60. The molecule has 0 atom stereocenters. The fraction of sp³-hybridized carbons (Fsp3) is 0.154. The van der Waals surface area contributed by atoms with Gasteiger partial charge in [-0.25, -0.2) is 4.98 Å². The Labute approximate surface area is 109 Å². The first-order valence-corrected chi connectivity index (χ1v) is 5.94. The summed E-state index contributed by atoms with van der Waals surface area (Å²) in [7, 11) is 1.67. The maximum Gasteiger partial charge on any atom is 0.219 e. The van der Waals surface area contributed by atoms with Crippen LogP contribution in [0.3, 0.4) is 0 Å². The van der Waals surface area contributed by atoms with Crippen molar-refractivity contribution in [1.82, 2.24) is 4.98 Å². The average Bonchev–Trinajstić information content (AvgIpc) is 2.33. The minimum Gasteiger partial charge on any atom is -0.439 e. The third kappa shape index (κ3) is 3.54. The Balaban J connectivity index is 2.12. The molecule has 0 aliphatic heterocycles. The summed E-state index contributed by atoms with van der Waals surface area (Å²) < 4.78 is 11.6. The molecule has 88 valence electrons. The number of pyridine rings is 1. The van der Waals surface area contributed by atoms with Crippen LogP contribution >= 0.6 is 15.9 Å². The maximum absolute atomic E-state index is 5.63. The second-order valence-corrected chi connectivity index (χ2v) is 4.41. The van der Waals surface area contributed by atoms with E-state index in [-0.39, 0.29) is 0 Å². The van der Waals surface area contributed by atoms with E-state index in [1.54, 1.807) is 13.3 Å². The Morgan fingerprint density at radius 3 is 2.82 bits per heavy atom. The minimum atomic E-state index is 0.572. The highest BCUT2D eigenvalue weighted by Gasteiger charge is 2.00. The van der Waals surface area contributed by atoms with Gasteiger partial charge in [-0.15, -0.1) is 0 Å². The second-order valence-electron chi connectivity index (χ2n) is 3.50. The summed E-state index contributed by atoms with van der Waals surface area (Å²) in [5.74, 6) is 1.33. The van der Waals surface area contributed by atoms with E-state index in [4.69, 9.17) is 9.47 Å². The standard InChI is InChI=1S/C13H12BrNO2/c1-16-9-10-3-2-4-12(7-10)17-13-6-5-11(14)8-15-13/h2-8H,9H2,1H3. The molecule has 1 aromatic carbocycles. The van der Waals surface area contributed by atoms with Crippen LogP contribution in [0.1, 0.15) is 5.56 Å². The van der Waals surface area contributed by atoms with Crippen LogP contribution in [0.5, 0.6) is 11.6 Å². The molecule has 0 fully saturated rings. The fourth-order valence-corrected chi connectivity index (χ4v) is 1.64. The van der Waals surface area contributed by atoms with Crippen LogP contribution < -0.4 is 4.74 Å². The molecule has 4 heteroatoms. The van der Waals surface area contributed by atoms with Crippen LogP contribution in [0, 0.1) is 0 Å². The highest BCUT2D eigenvalue weighted by Crippen LogP contribution is 2.21. The first-order valence-electron chi connectivity index (χ1n) is 5.15. The van der Waals surface area contributed by atoms with E-state index < -0.39 is 0 Å². The first-order chi connectivity index (χ1) is 8.28. The fourth-order valence-electron chi connectivity index (χ4n) is 1.41. The Kier molecular flexibility index (Phi) is 4.12. The lowest BCUT2D eigenvalue weighted by Gasteiger charge is -2.06. The van der Waals surface area contributed by atoms with E-state index in [1.807, 2.05) is 36.4 Å².